The second-order valence-corrected chi connectivity index (χ2v) is 4.96. The van der Waals surface area contributed by atoms with E-state index < -0.39 is 0 Å². The van der Waals surface area contributed by atoms with Crippen molar-refractivity contribution in [3.8, 4) is 5.75 Å². The zero-order chi connectivity index (χ0) is 13.2. The Morgan fingerprint density at radius 1 is 1.05 bits per heavy atom. The van der Waals surface area contributed by atoms with E-state index in [1.807, 2.05) is 36.4 Å². The van der Waals surface area contributed by atoms with Crippen molar-refractivity contribution in [2.45, 2.75) is 18.8 Å². The zero-order valence-corrected chi connectivity index (χ0v) is 10.9. The summed E-state index contributed by atoms with van der Waals surface area (Å²) >= 11 is 0. The van der Waals surface area contributed by atoms with Crippen LogP contribution in [0.4, 0.5) is 0 Å². The molecule has 0 heterocycles. The van der Waals surface area contributed by atoms with Gasteiger partial charge in [0.05, 0.1) is 7.11 Å². The summed E-state index contributed by atoms with van der Waals surface area (Å²) in [5.74, 6) is 1.27. The van der Waals surface area contributed by atoms with E-state index in [4.69, 9.17) is 4.74 Å². The first kappa shape index (κ1) is 12.0. The van der Waals surface area contributed by atoms with Gasteiger partial charge in [0.15, 0.2) is 5.78 Å². The van der Waals surface area contributed by atoms with Crippen LogP contribution in [0.25, 0.3) is 0 Å². The molecule has 0 aliphatic heterocycles. The third-order valence-electron chi connectivity index (χ3n) is 3.79. The minimum absolute atomic E-state index is 0.217. The number of Topliss-reactive ketones (excluding diaryl/α,β-unsaturated/α-hetero) is 1. The lowest BCUT2D eigenvalue weighted by Crippen LogP contribution is -2.18. The van der Waals surface area contributed by atoms with Crippen LogP contribution in [-0.2, 0) is 6.42 Å². The lowest BCUT2D eigenvalue weighted by atomic mass is 9.79. The molecule has 2 aromatic rings. The quantitative estimate of drug-likeness (QED) is 0.816. The number of methoxy groups -OCH3 is 1. The maximum absolute atomic E-state index is 12.3. The Morgan fingerprint density at radius 2 is 1.84 bits per heavy atom. The average Bonchev–Trinajstić information content (AvgIpc) is 2.48. The van der Waals surface area contributed by atoms with Crippen LogP contribution in [0.3, 0.4) is 0 Å². The van der Waals surface area contributed by atoms with Crippen molar-refractivity contribution in [1.29, 1.82) is 0 Å². The second kappa shape index (κ2) is 4.88. The first-order valence-corrected chi connectivity index (χ1v) is 6.53. The number of rotatable bonds is 2. The van der Waals surface area contributed by atoms with Crippen molar-refractivity contribution in [2.75, 3.05) is 7.11 Å². The summed E-state index contributed by atoms with van der Waals surface area (Å²) in [6.07, 6.45) is 1.51. The van der Waals surface area contributed by atoms with Gasteiger partial charge in [-0.1, -0.05) is 36.4 Å². The molecule has 3 rings (SSSR count). The normalized spacial score (nSPS) is 17.9. The summed E-state index contributed by atoms with van der Waals surface area (Å²) in [5, 5.41) is 0. The van der Waals surface area contributed by atoms with Crippen LogP contribution in [0.15, 0.2) is 48.5 Å². The topological polar surface area (TPSA) is 26.3 Å². The first-order chi connectivity index (χ1) is 9.28. The minimum atomic E-state index is 0.217. The highest BCUT2D eigenvalue weighted by Crippen LogP contribution is 2.34. The van der Waals surface area contributed by atoms with Crippen molar-refractivity contribution in [1.82, 2.24) is 0 Å². The Kier molecular flexibility index (Phi) is 3.08. The van der Waals surface area contributed by atoms with Crippen LogP contribution in [0.1, 0.15) is 33.8 Å². The molecule has 19 heavy (non-hydrogen) atoms. The van der Waals surface area contributed by atoms with Crippen molar-refractivity contribution in [2.24, 2.45) is 0 Å². The van der Waals surface area contributed by atoms with Gasteiger partial charge in [-0.3, -0.25) is 4.79 Å². The summed E-state index contributed by atoms with van der Waals surface area (Å²) in [5.41, 5.74) is 3.20. The molecule has 0 bridgehead atoms. The van der Waals surface area contributed by atoms with Crippen LogP contribution < -0.4 is 4.74 Å². The Hall–Kier alpha value is -2.09. The van der Waals surface area contributed by atoms with Gasteiger partial charge >= 0.3 is 0 Å². The summed E-state index contributed by atoms with van der Waals surface area (Å²) in [6, 6.07) is 16.1. The Balaban J connectivity index is 1.95. The second-order valence-electron chi connectivity index (χ2n) is 4.96. The van der Waals surface area contributed by atoms with Crippen molar-refractivity contribution in [3.05, 3.63) is 65.2 Å². The van der Waals surface area contributed by atoms with Gasteiger partial charge in [-0.25, -0.2) is 0 Å². The molecule has 0 saturated carbocycles. The number of carbonyl (C=O) groups excluding carboxylic acids is 1. The number of hydrogen-bond donors (Lipinski definition) is 0. The summed E-state index contributed by atoms with van der Waals surface area (Å²) in [7, 11) is 1.63. The van der Waals surface area contributed by atoms with Crippen molar-refractivity contribution < 1.29 is 9.53 Å². The molecule has 1 atom stereocenters. The molecular formula is C17H16O2. The molecule has 2 heteroatoms. The fraction of sp³-hybridized carbons (Fsp3) is 0.235. The molecule has 1 unspecified atom stereocenters. The van der Waals surface area contributed by atoms with Crippen LogP contribution in [0.5, 0.6) is 5.75 Å². The molecule has 96 valence electrons. The van der Waals surface area contributed by atoms with Gasteiger partial charge in [0.1, 0.15) is 5.75 Å². The number of fused-ring (bicyclic) bond motifs is 1. The maximum atomic E-state index is 12.3. The van der Waals surface area contributed by atoms with Gasteiger partial charge in [0, 0.05) is 12.0 Å². The molecule has 2 aromatic carbocycles. The van der Waals surface area contributed by atoms with E-state index in [9.17, 15) is 4.79 Å². The summed E-state index contributed by atoms with van der Waals surface area (Å²) in [6.45, 7) is 0. The third kappa shape index (κ3) is 2.26. The van der Waals surface area contributed by atoms with Crippen LogP contribution in [-0.4, -0.2) is 12.9 Å². The highest BCUT2D eigenvalue weighted by molar-refractivity contribution is 5.99. The monoisotopic (exact) mass is 252 g/mol. The standard InChI is InChI=1S/C17H16O2/c1-19-15-8-7-13-9-14(10-17(18)16(13)11-15)12-5-3-2-4-6-12/h2-8,11,14H,9-10H2,1H3. The molecule has 0 radical (unpaired) electrons. The van der Waals surface area contributed by atoms with E-state index in [-0.39, 0.29) is 5.78 Å². The van der Waals surface area contributed by atoms with Gasteiger partial charge in [0.25, 0.3) is 0 Å². The molecule has 0 fully saturated rings. The smallest absolute Gasteiger partial charge is 0.163 e. The van der Waals surface area contributed by atoms with Gasteiger partial charge in [-0.05, 0) is 35.6 Å². The average molecular weight is 252 g/mol. The van der Waals surface area contributed by atoms with E-state index in [0.29, 0.717) is 12.3 Å². The fourth-order valence-corrected chi connectivity index (χ4v) is 2.75. The highest BCUT2D eigenvalue weighted by atomic mass is 16.5. The van der Waals surface area contributed by atoms with E-state index in [1.54, 1.807) is 7.11 Å². The lowest BCUT2D eigenvalue weighted by Gasteiger charge is -2.24. The van der Waals surface area contributed by atoms with Gasteiger partial charge in [-0.2, -0.15) is 0 Å². The van der Waals surface area contributed by atoms with Crippen LogP contribution in [0.2, 0.25) is 0 Å². The Morgan fingerprint density at radius 3 is 2.58 bits per heavy atom. The largest absolute Gasteiger partial charge is 0.497 e. The van der Waals surface area contributed by atoms with Crippen molar-refractivity contribution >= 4 is 5.78 Å². The minimum Gasteiger partial charge on any atom is -0.497 e. The summed E-state index contributed by atoms with van der Waals surface area (Å²) < 4.78 is 5.19. The van der Waals surface area contributed by atoms with E-state index in [2.05, 4.69) is 12.1 Å². The molecule has 2 nitrogen and oxygen atoms in total. The number of ketones is 1. The first-order valence-electron chi connectivity index (χ1n) is 6.53. The van der Waals surface area contributed by atoms with Crippen LogP contribution in [0, 0.1) is 0 Å². The lowest BCUT2D eigenvalue weighted by molar-refractivity contribution is 0.0964. The molecule has 0 saturated heterocycles. The highest BCUT2D eigenvalue weighted by Gasteiger charge is 2.26. The SMILES string of the molecule is COc1ccc2c(c1)C(=O)CC(c1ccccc1)C2. The Bertz CT molecular complexity index is 602. The number of ether oxygens (including phenoxy) is 1. The number of carbonyl (C=O) groups is 1. The molecule has 0 N–H and O–H groups in total. The zero-order valence-electron chi connectivity index (χ0n) is 10.9. The maximum Gasteiger partial charge on any atom is 0.163 e. The number of benzene rings is 2. The Labute approximate surface area is 113 Å². The molecular weight excluding hydrogens is 236 g/mol. The predicted molar refractivity (Wildman–Crippen MR) is 74.8 cm³/mol. The van der Waals surface area contributed by atoms with E-state index in [1.165, 1.54) is 5.56 Å². The number of hydrogen-bond acceptors (Lipinski definition) is 2. The third-order valence-corrected chi connectivity index (χ3v) is 3.79. The molecule has 1 aliphatic rings. The van der Waals surface area contributed by atoms with E-state index in [0.717, 1.165) is 23.3 Å². The van der Waals surface area contributed by atoms with Gasteiger partial charge < -0.3 is 4.74 Å². The van der Waals surface area contributed by atoms with Crippen molar-refractivity contribution in [3.63, 3.8) is 0 Å². The molecule has 0 spiro atoms. The fourth-order valence-electron chi connectivity index (χ4n) is 2.75. The molecule has 0 aromatic heterocycles. The van der Waals surface area contributed by atoms with Gasteiger partial charge in [0.2, 0.25) is 0 Å². The predicted octanol–water partition coefficient (Wildman–Crippen LogP) is 3.61. The van der Waals surface area contributed by atoms with Gasteiger partial charge in [-0.15, -0.1) is 0 Å². The van der Waals surface area contributed by atoms with E-state index >= 15 is 0 Å². The summed E-state index contributed by atoms with van der Waals surface area (Å²) in [4.78, 5) is 12.3. The molecule has 1 aliphatic carbocycles. The van der Waals surface area contributed by atoms with Crippen LogP contribution >= 0.6 is 0 Å². The molecule has 0 amide bonds.